The monoisotopic (exact) mass is 349 g/mol. The molecule has 0 aromatic heterocycles. The number of nitriles is 1. The Hall–Kier alpha value is -2.47. The van der Waals surface area contributed by atoms with E-state index in [1.54, 1.807) is 0 Å². The molecule has 1 aliphatic carbocycles. The lowest BCUT2D eigenvalue weighted by Gasteiger charge is -2.39. The van der Waals surface area contributed by atoms with E-state index in [1.807, 2.05) is 30.3 Å². The molecular formula is C23H31N3. The van der Waals surface area contributed by atoms with Crippen LogP contribution in [0.1, 0.15) is 51.5 Å². The molecule has 1 aromatic rings. The van der Waals surface area contributed by atoms with Crippen LogP contribution in [0.25, 0.3) is 0 Å². The van der Waals surface area contributed by atoms with Crippen LogP contribution in [0, 0.1) is 17.2 Å². The van der Waals surface area contributed by atoms with Gasteiger partial charge in [-0.3, -0.25) is 10.0 Å². The maximum absolute atomic E-state index is 9.08. The second-order valence-electron chi connectivity index (χ2n) is 7.32. The third-order valence-corrected chi connectivity index (χ3v) is 5.25. The van der Waals surface area contributed by atoms with Crippen molar-refractivity contribution in [1.82, 2.24) is 5.01 Å². The SMILES string of the molecule is C=CC(=C(C)C)N(C)N(CC(=C)C1CCCCC1)c1ccc(C#N)cc1. The molecule has 1 aliphatic rings. The Morgan fingerprint density at radius 3 is 2.31 bits per heavy atom. The van der Waals surface area contributed by atoms with Crippen LogP contribution >= 0.6 is 0 Å². The quantitative estimate of drug-likeness (QED) is 0.352. The number of rotatable bonds is 7. The molecule has 0 bridgehead atoms. The first-order valence-corrected chi connectivity index (χ1v) is 9.46. The van der Waals surface area contributed by atoms with Crippen molar-refractivity contribution in [3.05, 3.63) is 65.9 Å². The van der Waals surface area contributed by atoms with Gasteiger partial charge in [-0.15, -0.1) is 0 Å². The smallest absolute Gasteiger partial charge is 0.0991 e. The van der Waals surface area contributed by atoms with Crippen LogP contribution in [-0.4, -0.2) is 18.6 Å². The molecule has 0 N–H and O–H groups in total. The standard InChI is InChI=1S/C23H31N3/c1-6-23(18(2)3)25(5)26(22-14-12-20(16-24)13-15-22)17-19(4)21-10-8-7-9-11-21/h6,12-15,21H,1,4,7-11,17H2,2-3,5H3. The lowest BCUT2D eigenvalue weighted by atomic mass is 9.84. The van der Waals surface area contributed by atoms with Gasteiger partial charge in [-0.25, -0.2) is 0 Å². The summed E-state index contributed by atoms with van der Waals surface area (Å²) >= 11 is 0. The van der Waals surface area contributed by atoms with Gasteiger partial charge in [0.05, 0.1) is 29.6 Å². The number of likely N-dealkylation sites (N-methyl/N-ethyl adjacent to an activating group) is 1. The zero-order valence-corrected chi connectivity index (χ0v) is 16.5. The lowest BCUT2D eigenvalue weighted by Crippen LogP contribution is -2.41. The van der Waals surface area contributed by atoms with E-state index in [4.69, 9.17) is 5.26 Å². The van der Waals surface area contributed by atoms with E-state index in [1.165, 1.54) is 43.3 Å². The second-order valence-corrected chi connectivity index (χ2v) is 7.32. The van der Waals surface area contributed by atoms with Gasteiger partial charge in [0, 0.05) is 7.05 Å². The summed E-state index contributed by atoms with van der Waals surface area (Å²) in [5.74, 6) is 0.608. The highest BCUT2D eigenvalue weighted by Crippen LogP contribution is 2.31. The highest BCUT2D eigenvalue weighted by molar-refractivity contribution is 5.51. The van der Waals surface area contributed by atoms with Gasteiger partial charge >= 0.3 is 0 Å². The molecule has 26 heavy (non-hydrogen) atoms. The van der Waals surface area contributed by atoms with E-state index in [0.717, 1.165) is 17.9 Å². The fourth-order valence-corrected chi connectivity index (χ4v) is 3.70. The fraction of sp³-hybridized carbons (Fsp3) is 0.435. The summed E-state index contributed by atoms with van der Waals surface area (Å²) in [6, 6.07) is 9.95. The molecule has 0 atom stereocenters. The molecule has 0 unspecified atom stereocenters. The Labute approximate surface area is 158 Å². The summed E-state index contributed by atoms with van der Waals surface area (Å²) in [5.41, 5.74) is 5.32. The van der Waals surface area contributed by atoms with Gasteiger partial charge in [-0.1, -0.05) is 43.6 Å². The Morgan fingerprint density at radius 2 is 1.81 bits per heavy atom. The van der Waals surface area contributed by atoms with Crippen molar-refractivity contribution in [1.29, 1.82) is 5.26 Å². The molecule has 0 radical (unpaired) electrons. The van der Waals surface area contributed by atoms with Crippen LogP contribution < -0.4 is 5.01 Å². The lowest BCUT2D eigenvalue weighted by molar-refractivity contribution is 0.364. The van der Waals surface area contributed by atoms with Crippen LogP contribution in [-0.2, 0) is 0 Å². The number of nitrogens with zero attached hydrogens (tertiary/aromatic N) is 3. The number of anilines is 1. The average Bonchev–Trinajstić information content (AvgIpc) is 2.67. The molecule has 0 heterocycles. The topological polar surface area (TPSA) is 30.3 Å². The molecule has 0 saturated heterocycles. The third kappa shape index (κ3) is 4.79. The molecule has 138 valence electrons. The van der Waals surface area contributed by atoms with Crippen LogP contribution in [0.2, 0.25) is 0 Å². The average molecular weight is 350 g/mol. The van der Waals surface area contributed by atoms with Gasteiger partial charge in [0.15, 0.2) is 0 Å². The minimum absolute atomic E-state index is 0.608. The van der Waals surface area contributed by atoms with Crippen molar-refractivity contribution in [2.75, 3.05) is 18.6 Å². The van der Waals surface area contributed by atoms with E-state index in [-0.39, 0.29) is 0 Å². The van der Waals surface area contributed by atoms with Crippen molar-refractivity contribution in [2.45, 2.75) is 46.0 Å². The zero-order valence-electron chi connectivity index (χ0n) is 16.5. The van der Waals surface area contributed by atoms with Crippen LogP contribution in [0.4, 0.5) is 5.69 Å². The summed E-state index contributed by atoms with van der Waals surface area (Å²) < 4.78 is 0. The van der Waals surface area contributed by atoms with Crippen molar-refractivity contribution in [3.8, 4) is 6.07 Å². The minimum Gasteiger partial charge on any atom is -0.288 e. The summed E-state index contributed by atoms with van der Waals surface area (Å²) in [7, 11) is 2.07. The maximum Gasteiger partial charge on any atom is 0.0991 e. The van der Waals surface area contributed by atoms with Crippen LogP contribution in [0.3, 0.4) is 0 Å². The normalized spacial score (nSPS) is 14.2. The van der Waals surface area contributed by atoms with E-state index >= 15 is 0 Å². The molecule has 0 spiro atoms. The fourth-order valence-electron chi connectivity index (χ4n) is 3.70. The van der Waals surface area contributed by atoms with E-state index < -0.39 is 0 Å². The number of hydrogen-bond donors (Lipinski definition) is 0. The van der Waals surface area contributed by atoms with Gasteiger partial charge in [0.1, 0.15) is 0 Å². The summed E-state index contributed by atoms with van der Waals surface area (Å²) in [4.78, 5) is 0. The molecule has 3 nitrogen and oxygen atoms in total. The van der Waals surface area contributed by atoms with E-state index in [0.29, 0.717) is 11.5 Å². The molecule has 3 heteroatoms. The maximum atomic E-state index is 9.08. The van der Waals surface area contributed by atoms with E-state index in [2.05, 4.69) is 50.1 Å². The van der Waals surface area contributed by atoms with E-state index in [9.17, 15) is 0 Å². The second kappa shape index (κ2) is 9.29. The van der Waals surface area contributed by atoms with Gasteiger partial charge in [-0.2, -0.15) is 5.26 Å². The molecule has 2 rings (SSSR count). The largest absolute Gasteiger partial charge is 0.288 e. The molecule has 0 aliphatic heterocycles. The summed E-state index contributed by atoms with van der Waals surface area (Å²) in [5, 5.41) is 13.5. The molecular weight excluding hydrogens is 318 g/mol. The Morgan fingerprint density at radius 1 is 1.19 bits per heavy atom. The zero-order chi connectivity index (χ0) is 19.1. The highest BCUT2D eigenvalue weighted by Gasteiger charge is 2.21. The third-order valence-electron chi connectivity index (χ3n) is 5.25. The van der Waals surface area contributed by atoms with Crippen molar-refractivity contribution in [2.24, 2.45) is 5.92 Å². The first-order valence-electron chi connectivity index (χ1n) is 9.46. The predicted molar refractivity (Wildman–Crippen MR) is 111 cm³/mol. The number of allylic oxidation sites excluding steroid dienone is 2. The molecule has 1 aromatic carbocycles. The summed E-state index contributed by atoms with van der Waals surface area (Å²) in [6.45, 7) is 13.4. The molecule has 0 amide bonds. The van der Waals surface area contributed by atoms with Gasteiger partial charge < -0.3 is 0 Å². The number of benzene rings is 1. The van der Waals surface area contributed by atoms with Crippen molar-refractivity contribution < 1.29 is 0 Å². The van der Waals surface area contributed by atoms with Crippen LogP contribution in [0.15, 0.2) is 60.3 Å². The molecule has 1 saturated carbocycles. The predicted octanol–water partition coefficient (Wildman–Crippen LogP) is 5.83. The van der Waals surface area contributed by atoms with Crippen LogP contribution in [0.5, 0.6) is 0 Å². The molecule has 1 fully saturated rings. The number of hydrogen-bond acceptors (Lipinski definition) is 3. The summed E-state index contributed by atoms with van der Waals surface area (Å²) in [6.07, 6.45) is 8.36. The minimum atomic E-state index is 0.608. The van der Waals surface area contributed by atoms with Gasteiger partial charge in [0.2, 0.25) is 0 Å². The number of hydrazine groups is 1. The van der Waals surface area contributed by atoms with Crippen molar-refractivity contribution >= 4 is 5.69 Å². The Balaban J connectivity index is 2.30. The first-order chi connectivity index (χ1) is 12.5. The first kappa shape index (κ1) is 19.8. The Kier molecular flexibility index (Phi) is 7.09. The van der Waals surface area contributed by atoms with Crippen molar-refractivity contribution in [3.63, 3.8) is 0 Å². The Bertz CT molecular complexity index is 696. The van der Waals surface area contributed by atoms with Gasteiger partial charge in [-0.05, 0) is 62.9 Å². The highest BCUT2D eigenvalue weighted by atomic mass is 15.6. The van der Waals surface area contributed by atoms with Gasteiger partial charge in [0.25, 0.3) is 0 Å².